The van der Waals surface area contributed by atoms with Gasteiger partial charge in [0.25, 0.3) is 0 Å². The third-order valence-corrected chi connectivity index (χ3v) is 4.74. The Morgan fingerprint density at radius 3 is 2.78 bits per heavy atom. The molecule has 1 fully saturated rings. The molecule has 0 aliphatic carbocycles. The molecule has 1 aromatic carbocycles. The Morgan fingerprint density at radius 2 is 2.11 bits per heavy atom. The Labute approximate surface area is 158 Å². The van der Waals surface area contributed by atoms with Gasteiger partial charge in [0.2, 0.25) is 11.8 Å². The minimum Gasteiger partial charge on any atom is -0.493 e. The summed E-state index contributed by atoms with van der Waals surface area (Å²) in [4.78, 5) is 26.1. The fourth-order valence-electron chi connectivity index (χ4n) is 3.29. The fraction of sp³-hybridized carbons (Fsp3) is 0.421. The van der Waals surface area contributed by atoms with Crippen LogP contribution in [0.4, 0.5) is 5.82 Å². The summed E-state index contributed by atoms with van der Waals surface area (Å²) in [6, 6.07) is 7.36. The van der Waals surface area contributed by atoms with Gasteiger partial charge in [-0.1, -0.05) is 12.1 Å². The topological polar surface area (TPSA) is 85.7 Å². The van der Waals surface area contributed by atoms with E-state index in [9.17, 15) is 9.59 Å². The molecule has 144 valence electrons. The van der Waals surface area contributed by atoms with Crippen molar-refractivity contribution < 1.29 is 19.1 Å². The van der Waals surface area contributed by atoms with Gasteiger partial charge in [0, 0.05) is 31.1 Å². The van der Waals surface area contributed by atoms with E-state index in [1.165, 1.54) is 0 Å². The van der Waals surface area contributed by atoms with Crippen molar-refractivity contribution in [3.05, 3.63) is 36.0 Å². The van der Waals surface area contributed by atoms with E-state index in [4.69, 9.17) is 9.47 Å². The molecule has 1 aromatic heterocycles. The van der Waals surface area contributed by atoms with Gasteiger partial charge in [0.15, 0.2) is 11.5 Å². The van der Waals surface area contributed by atoms with Crippen LogP contribution >= 0.6 is 0 Å². The second-order valence-corrected chi connectivity index (χ2v) is 6.35. The van der Waals surface area contributed by atoms with Crippen LogP contribution in [-0.2, 0) is 16.1 Å². The van der Waals surface area contributed by atoms with E-state index in [0.29, 0.717) is 37.0 Å². The molecule has 0 radical (unpaired) electrons. The quantitative estimate of drug-likeness (QED) is 0.800. The number of ether oxygens (including phenoxy) is 2. The van der Waals surface area contributed by atoms with Gasteiger partial charge in [-0.05, 0) is 13.0 Å². The molecule has 8 heteroatoms. The first-order valence-corrected chi connectivity index (χ1v) is 8.87. The molecule has 1 atom stereocenters. The molecule has 1 aliphatic rings. The van der Waals surface area contributed by atoms with Gasteiger partial charge in [-0.15, -0.1) is 0 Å². The summed E-state index contributed by atoms with van der Waals surface area (Å²) in [5, 5.41) is 7.19. The Hall–Kier alpha value is -3.03. The molecule has 2 heterocycles. The third-order valence-electron chi connectivity index (χ3n) is 4.74. The molecule has 1 aliphatic heterocycles. The number of anilines is 1. The Balaban J connectivity index is 1.74. The predicted molar refractivity (Wildman–Crippen MR) is 99.9 cm³/mol. The molecule has 3 rings (SSSR count). The van der Waals surface area contributed by atoms with Crippen LogP contribution in [0.3, 0.4) is 0 Å². The molecule has 0 saturated carbocycles. The minimum atomic E-state index is -0.341. The zero-order valence-electron chi connectivity index (χ0n) is 15.8. The van der Waals surface area contributed by atoms with Gasteiger partial charge < -0.3 is 19.7 Å². The minimum absolute atomic E-state index is 0.0206. The molecule has 1 saturated heterocycles. The fourth-order valence-corrected chi connectivity index (χ4v) is 3.29. The number of hydrogen-bond donors (Lipinski definition) is 1. The Bertz CT molecular complexity index is 833. The maximum Gasteiger partial charge on any atom is 0.230 e. The van der Waals surface area contributed by atoms with Gasteiger partial charge in [-0.25, -0.2) is 4.68 Å². The largest absolute Gasteiger partial charge is 0.493 e. The van der Waals surface area contributed by atoms with E-state index in [-0.39, 0.29) is 24.2 Å². The highest BCUT2D eigenvalue weighted by Crippen LogP contribution is 2.31. The lowest BCUT2D eigenvalue weighted by atomic mass is 10.1. The molecule has 1 N–H and O–H groups in total. The summed E-state index contributed by atoms with van der Waals surface area (Å²) in [5.74, 6) is 1.36. The summed E-state index contributed by atoms with van der Waals surface area (Å²) in [6.45, 7) is 3.40. The molecular formula is C19H24N4O4. The number of methoxy groups -OCH3 is 2. The summed E-state index contributed by atoms with van der Waals surface area (Å²) >= 11 is 0. The van der Waals surface area contributed by atoms with Crippen LogP contribution in [0, 0.1) is 5.92 Å². The summed E-state index contributed by atoms with van der Waals surface area (Å²) in [7, 11) is 3.17. The van der Waals surface area contributed by atoms with Crippen LogP contribution in [0.15, 0.2) is 30.5 Å². The van der Waals surface area contributed by atoms with Gasteiger partial charge in [-0.2, -0.15) is 5.10 Å². The van der Waals surface area contributed by atoms with Crippen molar-refractivity contribution in [1.29, 1.82) is 0 Å². The number of carbonyl (C=O) groups excluding carboxylic acids is 2. The molecule has 0 spiro atoms. The van der Waals surface area contributed by atoms with E-state index >= 15 is 0 Å². The van der Waals surface area contributed by atoms with Crippen molar-refractivity contribution in [2.24, 2.45) is 5.92 Å². The maximum atomic E-state index is 12.6. The highest BCUT2D eigenvalue weighted by atomic mass is 16.5. The van der Waals surface area contributed by atoms with E-state index in [2.05, 4.69) is 10.4 Å². The van der Waals surface area contributed by atoms with Crippen LogP contribution in [0.25, 0.3) is 0 Å². The van der Waals surface area contributed by atoms with Crippen molar-refractivity contribution in [3.63, 3.8) is 0 Å². The van der Waals surface area contributed by atoms with Crippen LogP contribution < -0.4 is 14.8 Å². The zero-order valence-corrected chi connectivity index (χ0v) is 15.8. The van der Waals surface area contributed by atoms with Gasteiger partial charge in [0.05, 0.1) is 32.9 Å². The van der Waals surface area contributed by atoms with Crippen LogP contribution in [-0.4, -0.2) is 53.8 Å². The Morgan fingerprint density at radius 1 is 1.30 bits per heavy atom. The zero-order chi connectivity index (χ0) is 19.4. The molecule has 27 heavy (non-hydrogen) atoms. The van der Waals surface area contributed by atoms with Crippen molar-refractivity contribution in [2.45, 2.75) is 19.9 Å². The van der Waals surface area contributed by atoms with Gasteiger partial charge >= 0.3 is 0 Å². The number of carbonyl (C=O) groups is 2. The SMILES string of the molecule is CCN1C[C@H](C(=O)Nc2ccnn2Cc2cccc(OC)c2OC)CC1=O. The summed E-state index contributed by atoms with van der Waals surface area (Å²) < 4.78 is 12.5. The molecule has 2 aromatic rings. The number of hydrogen-bond acceptors (Lipinski definition) is 5. The molecule has 0 bridgehead atoms. The first-order chi connectivity index (χ1) is 13.1. The molecule has 0 unspecified atom stereocenters. The van der Waals surface area contributed by atoms with Crippen molar-refractivity contribution in [1.82, 2.24) is 14.7 Å². The molecule has 8 nitrogen and oxygen atoms in total. The lowest BCUT2D eigenvalue weighted by Crippen LogP contribution is -2.28. The monoisotopic (exact) mass is 372 g/mol. The van der Waals surface area contributed by atoms with E-state index in [0.717, 1.165) is 5.56 Å². The van der Waals surface area contributed by atoms with Crippen LogP contribution in [0.2, 0.25) is 0 Å². The lowest BCUT2D eigenvalue weighted by Gasteiger charge is -2.16. The molecular weight excluding hydrogens is 348 g/mol. The van der Waals surface area contributed by atoms with Gasteiger partial charge in [0.1, 0.15) is 5.82 Å². The second-order valence-electron chi connectivity index (χ2n) is 6.35. The highest BCUT2D eigenvalue weighted by Gasteiger charge is 2.33. The number of nitrogens with one attached hydrogen (secondary N) is 1. The molecule has 2 amide bonds. The number of aromatic nitrogens is 2. The number of benzene rings is 1. The highest BCUT2D eigenvalue weighted by molar-refractivity contribution is 5.96. The van der Waals surface area contributed by atoms with Crippen molar-refractivity contribution in [3.8, 4) is 11.5 Å². The average Bonchev–Trinajstić information content (AvgIpc) is 3.27. The lowest BCUT2D eigenvalue weighted by molar-refractivity contribution is -0.128. The van der Waals surface area contributed by atoms with Crippen molar-refractivity contribution >= 4 is 17.6 Å². The average molecular weight is 372 g/mol. The maximum absolute atomic E-state index is 12.6. The summed E-state index contributed by atoms with van der Waals surface area (Å²) in [5.41, 5.74) is 0.879. The Kier molecular flexibility index (Phi) is 5.63. The van der Waals surface area contributed by atoms with Crippen LogP contribution in [0.1, 0.15) is 18.9 Å². The predicted octanol–water partition coefficient (Wildman–Crippen LogP) is 1.76. The first kappa shape index (κ1) is 18.8. The standard InChI is InChI=1S/C19H24N4O4/c1-4-22-11-14(10-17(22)24)19(25)21-16-8-9-20-23(16)12-13-6-5-7-15(26-2)18(13)27-3/h5-9,14H,4,10-12H2,1-3H3,(H,21,25)/t14-/m1/s1. The summed E-state index contributed by atoms with van der Waals surface area (Å²) in [6.07, 6.45) is 1.87. The van der Waals surface area contributed by atoms with Crippen molar-refractivity contribution in [2.75, 3.05) is 32.6 Å². The van der Waals surface area contributed by atoms with E-state index in [1.807, 2.05) is 25.1 Å². The smallest absolute Gasteiger partial charge is 0.230 e. The van der Waals surface area contributed by atoms with E-state index in [1.54, 1.807) is 36.1 Å². The number of likely N-dealkylation sites (tertiary alicyclic amines) is 1. The second kappa shape index (κ2) is 8.11. The third kappa shape index (κ3) is 3.89. The number of amides is 2. The normalized spacial score (nSPS) is 16.5. The number of para-hydroxylation sites is 1. The number of nitrogens with zero attached hydrogens (tertiary/aromatic N) is 3. The first-order valence-electron chi connectivity index (χ1n) is 8.87. The number of rotatable bonds is 7. The van der Waals surface area contributed by atoms with Gasteiger partial charge in [-0.3, -0.25) is 9.59 Å². The van der Waals surface area contributed by atoms with E-state index < -0.39 is 0 Å². The van der Waals surface area contributed by atoms with Crippen LogP contribution in [0.5, 0.6) is 11.5 Å².